The molecule has 0 aliphatic heterocycles. The number of aromatic nitrogens is 2. The first-order chi connectivity index (χ1) is 12.2. The Bertz CT molecular complexity index is 802. The van der Waals surface area contributed by atoms with Crippen molar-refractivity contribution in [2.24, 2.45) is 0 Å². The molecule has 3 aromatic rings. The lowest BCUT2D eigenvalue weighted by Gasteiger charge is -2.11. The minimum absolute atomic E-state index is 0.0522. The number of hydrogen-bond donors (Lipinski definition) is 1. The highest BCUT2D eigenvalue weighted by Gasteiger charge is 2.13. The normalized spacial score (nSPS) is 11.9. The van der Waals surface area contributed by atoms with E-state index in [4.69, 9.17) is 0 Å². The molecule has 5 heteroatoms. The summed E-state index contributed by atoms with van der Waals surface area (Å²) in [5.74, 6) is 0.0522. The molecule has 0 spiro atoms. The molecule has 0 saturated heterocycles. The Balaban J connectivity index is 1.46. The van der Waals surface area contributed by atoms with E-state index in [9.17, 15) is 4.79 Å². The lowest BCUT2D eigenvalue weighted by atomic mass is 10.3. The predicted octanol–water partition coefficient (Wildman–Crippen LogP) is 3.71. The summed E-state index contributed by atoms with van der Waals surface area (Å²) in [5.41, 5.74) is 2.00. The number of carbonyl (C=O) groups is 1. The van der Waals surface area contributed by atoms with Gasteiger partial charge in [-0.2, -0.15) is 5.10 Å². The molecule has 1 unspecified atom stereocenters. The molecule has 128 valence electrons. The Morgan fingerprint density at radius 2 is 1.76 bits per heavy atom. The van der Waals surface area contributed by atoms with Gasteiger partial charge in [0.15, 0.2) is 0 Å². The van der Waals surface area contributed by atoms with Crippen molar-refractivity contribution >= 4 is 17.7 Å². The van der Waals surface area contributed by atoms with Gasteiger partial charge in [-0.05, 0) is 37.3 Å². The number of nitrogens with zero attached hydrogens (tertiary/aromatic N) is 2. The van der Waals surface area contributed by atoms with Crippen LogP contribution in [0.3, 0.4) is 0 Å². The van der Waals surface area contributed by atoms with Crippen molar-refractivity contribution in [1.29, 1.82) is 0 Å². The molecule has 1 heterocycles. The van der Waals surface area contributed by atoms with Crippen LogP contribution in [0.1, 0.15) is 12.6 Å². The number of thioether (sulfide) groups is 1. The fourth-order valence-corrected chi connectivity index (χ4v) is 3.35. The van der Waals surface area contributed by atoms with E-state index in [-0.39, 0.29) is 11.2 Å². The lowest BCUT2D eigenvalue weighted by Crippen LogP contribution is -2.32. The van der Waals surface area contributed by atoms with Crippen LogP contribution in [0.4, 0.5) is 0 Å². The zero-order chi connectivity index (χ0) is 17.5. The first kappa shape index (κ1) is 17.3. The van der Waals surface area contributed by atoms with Crippen molar-refractivity contribution in [3.63, 3.8) is 0 Å². The summed E-state index contributed by atoms with van der Waals surface area (Å²) >= 11 is 1.57. The van der Waals surface area contributed by atoms with E-state index in [0.29, 0.717) is 13.0 Å². The van der Waals surface area contributed by atoms with Crippen molar-refractivity contribution in [1.82, 2.24) is 15.1 Å². The van der Waals surface area contributed by atoms with Crippen molar-refractivity contribution in [3.8, 4) is 5.69 Å². The van der Waals surface area contributed by atoms with E-state index in [1.807, 2.05) is 84.5 Å². The van der Waals surface area contributed by atoms with Crippen molar-refractivity contribution in [2.45, 2.75) is 23.5 Å². The Morgan fingerprint density at radius 3 is 2.48 bits per heavy atom. The number of hydrogen-bond acceptors (Lipinski definition) is 3. The molecule has 4 nitrogen and oxygen atoms in total. The molecule has 25 heavy (non-hydrogen) atoms. The Labute approximate surface area is 152 Å². The van der Waals surface area contributed by atoms with Crippen LogP contribution in [0.25, 0.3) is 5.69 Å². The second-order valence-corrected chi connectivity index (χ2v) is 7.12. The fraction of sp³-hybridized carbons (Fsp3) is 0.200. The number of para-hydroxylation sites is 1. The van der Waals surface area contributed by atoms with Gasteiger partial charge in [-0.15, -0.1) is 11.8 Å². The van der Waals surface area contributed by atoms with Crippen LogP contribution >= 0.6 is 11.8 Å². The topological polar surface area (TPSA) is 46.9 Å². The van der Waals surface area contributed by atoms with Crippen LogP contribution in [0.5, 0.6) is 0 Å². The average molecular weight is 351 g/mol. The number of amides is 1. The maximum absolute atomic E-state index is 12.2. The molecule has 0 bridgehead atoms. The van der Waals surface area contributed by atoms with Gasteiger partial charge in [0, 0.05) is 24.1 Å². The van der Waals surface area contributed by atoms with Crippen LogP contribution in [0.15, 0.2) is 77.8 Å². The largest absolute Gasteiger partial charge is 0.355 e. The number of carbonyl (C=O) groups excluding carboxylic acids is 1. The van der Waals surface area contributed by atoms with E-state index < -0.39 is 0 Å². The smallest absolute Gasteiger partial charge is 0.233 e. The summed E-state index contributed by atoms with van der Waals surface area (Å²) in [4.78, 5) is 13.3. The fourth-order valence-electron chi connectivity index (χ4n) is 2.43. The van der Waals surface area contributed by atoms with Gasteiger partial charge in [0.25, 0.3) is 0 Å². The molecular weight excluding hydrogens is 330 g/mol. The van der Waals surface area contributed by atoms with E-state index in [1.165, 1.54) is 0 Å². The highest BCUT2D eigenvalue weighted by atomic mass is 32.2. The van der Waals surface area contributed by atoms with Gasteiger partial charge in [0.05, 0.1) is 16.6 Å². The van der Waals surface area contributed by atoms with Gasteiger partial charge < -0.3 is 5.32 Å². The van der Waals surface area contributed by atoms with E-state index in [2.05, 4.69) is 10.4 Å². The van der Waals surface area contributed by atoms with Crippen LogP contribution < -0.4 is 5.32 Å². The Morgan fingerprint density at radius 1 is 1.08 bits per heavy atom. The SMILES string of the molecule is CC(Sc1ccccc1)C(=O)NCCc1ccn(-c2ccccc2)n1. The Hall–Kier alpha value is -2.53. The second kappa shape index (κ2) is 8.53. The maximum Gasteiger partial charge on any atom is 0.233 e. The lowest BCUT2D eigenvalue weighted by molar-refractivity contribution is -0.120. The van der Waals surface area contributed by atoms with Gasteiger partial charge in [0.1, 0.15) is 0 Å². The van der Waals surface area contributed by atoms with E-state index >= 15 is 0 Å². The molecule has 1 aromatic heterocycles. The van der Waals surface area contributed by atoms with Crippen LogP contribution in [-0.2, 0) is 11.2 Å². The first-order valence-electron chi connectivity index (χ1n) is 8.32. The van der Waals surface area contributed by atoms with Crippen LogP contribution in [0.2, 0.25) is 0 Å². The summed E-state index contributed by atoms with van der Waals surface area (Å²) in [7, 11) is 0. The molecule has 1 N–H and O–H groups in total. The summed E-state index contributed by atoms with van der Waals surface area (Å²) < 4.78 is 1.85. The van der Waals surface area contributed by atoms with E-state index in [1.54, 1.807) is 11.8 Å². The zero-order valence-corrected chi connectivity index (χ0v) is 14.9. The minimum atomic E-state index is -0.121. The molecule has 1 atom stereocenters. The van der Waals surface area contributed by atoms with Gasteiger partial charge >= 0.3 is 0 Å². The van der Waals surface area contributed by atoms with Crippen LogP contribution in [0, 0.1) is 0 Å². The summed E-state index contributed by atoms with van der Waals surface area (Å²) in [6.45, 7) is 2.52. The molecule has 0 aliphatic carbocycles. The zero-order valence-electron chi connectivity index (χ0n) is 14.1. The van der Waals surface area contributed by atoms with Crippen molar-refractivity contribution in [2.75, 3.05) is 6.54 Å². The molecule has 2 aromatic carbocycles. The molecule has 0 aliphatic rings. The summed E-state index contributed by atoms with van der Waals surface area (Å²) in [6, 6.07) is 22.0. The van der Waals surface area contributed by atoms with E-state index in [0.717, 1.165) is 16.3 Å². The third-order valence-electron chi connectivity index (χ3n) is 3.77. The average Bonchev–Trinajstić information content (AvgIpc) is 3.12. The van der Waals surface area contributed by atoms with Gasteiger partial charge in [-0.25, -0.2) is 4.68 Å². The third kappa shape index (κ3) is 4.97. The molecule has 3 rings (SSSR count). The predicted molar refractivity (Wildman–Crippen MR) is 102 cm³/mol. The molecule has 0 radical (unpaired) electrons. The number of rotatable bonds is 7. The number of benzene rings is 2. The molecular formula is C20H21N3OS. The third-order valence-corrected chi connectivity index (χ3v) is 4.88. The second-order valence-electron chi connectivity index (χ2n) is 5.70. The quantitative estimate of drug-likeness (QED) is 0.660. The first-order valence-corrected chi connectivity index (χ1v) is 9.20. The molecule has 0 saturated carbocycles. The van der Waals surface area contributed by atoms with Crippen LogP contribution in [-0.4, -0.2) is 27.5 Å². The number of nitrogens with one attached hydrogen (secondary N) is 1. The molecule has 1 amide bonds. The summed E-state index contributed by atoms with van der Waals surface area (Å²) in [6.07, 6.45) is 2.66. The van der Waals surface area contributed by atoms with Gasteiger partial charge in [-0.3, -0.25) is 4.79 Å². The highest BCUT2D eigenvalue weighted by Crippen LogP contribution is 2.22. The standard InChI is InChI=1S/C20H21N3OS/c1-16(25-19-10-6-3-7-11-19)20(24)21-14-12-17-13-15-23(22-17)18-8-4-2-5-9-18/h2-11,13,15-16H,12,14H2,1H3,(H,21,24). The minimum Gasteiger partial charge on any atom is -0.355 e. The van der Waals surface area contributed by atoms with Crippen molar-refractivity contribution in [3.05, 3.63) is 78.6 Å². The molecule has 0 fully saturated rings. The van der Waals surface area contributed by atoms with Gasteiger partial charge in [-0.1, -0.05) is 36.4 Å². The summed E-state index contributed by atoms with van der Waals surface area (Å²) in [5, 5.41) is 7.42. The Kier molecular flexibility index (Phi) is 5.90. The van der Waals surface area contributed by atoms with Gasteiger partial charge in [0.2, 0.25) is 5.91 Å². The monoisotopic (exact) mass is 351 g/mol. The maximum atomic E-state index is 12.2. The van der Waals surface area contributed by atoms with Crippen molar-refractivity contribution < 1.29 is 4.79 Å². The highest BCUT2D eigenvalue weighted by molar-refractivity contribution is 8.00.